The number of carbonyl (C=O) groups is 1. The van der Waals surface area contributed by atoms with Gasteiger partial charge in [-0.25, -0.2) is 0 Å². The molecule has 0 aliphatic rings. The Labute approximate surface area is 105 Å². The highest BCUT2D eigenvalue weighted by Gasteiger charge is 2.11. The Morgan fingerprint density at radius 2 is 1.83 bits per heavy atom. The number of aromatic nitrogens is 2. The zero-order chi connectivity index (χ0) is 12.5. The van der Waals surface area contributed by atoms with Crippen molar-refractivity contribution in [2.24, 2.45) is 0 Å². The molecule has 0 N–H and O–H groups in total. The van der Waals surface area contributed by atoms with Gasteiger partial charge >= 0.3 is 0 Å². The third kappa shape index (κ3) is 1.61. The summed E-state index contributed by atoms with van der Waals surface area (Å²) in [5, 5.41) is 0.988. The molecule has 0 aliphatic carbocycles. The Morgan fingerprint density at radius 3 is 2.56 bits per heavy atom. The van der Waals surface area contributed by atoms with Crippen molar-refractivity contribution < 1.29 is 4.79 Å². The largest absolute Gasteiger partial charge is 0.316 e. The van der Waals surface area contributed by atoms with E-state index in [9.17, 15) is 4.79 Å². The van der Waals surface area contributed by atoms with Crippen LogP contribution in [0.5, 0.6) is 0 Å². The first-order valence-corrected chi connectivity index (χ1v) is 5.79. The Morgan fingerprint density at radius 1 is 1.11 bits per heavy atom. The number of pyridine rings is 1. The van der Waals surface area contributed by atoms with Gasteiger partial charge in [-0.1, -0.05) is 18.2 Å². The van der Waals surface area contributed by atoms with Gasteiger partial charge in [0.1, 0.15) is 0 Å². The molecule has 2 heterocycles. The van der Waals surface area contributed by atoms with Crippen LogP contribution in [0.3, 0.4) is 0 Å². The summed E-state index contributed by atoms with van der Waals surface area (Å²) in [7, 11) is 0. The van der Waals surface area contributed by atoms with Crippen molar-refractivity contribution >= 4 is 16.7 Å². The monoisotopic (exact) mass is 236 g/mol. The molecule has 0 atom stereocenters. The predicted octanol–water partition coefficient (Wildman–Crippen LogP) is 3.23. The number of hydrogen-bond acceptors (Lipinski definition) is 2. The lowest BCUT2D eigenvalue weighted by atomic mass is 10.1. The fourth-order valence-electron chi connectivity index (χ4n) is 2.18. The van der Waals surface area contributed by atoms with Crippen molar-refractivity contribution in [1.82, 2.24) is 9.55 Å². The van der Waals surface area contributed by atoms with Crippen LogP contribution in [0.15, 0.2) is 55.0 Å². The standard InChI is InChI=1S/C15H12N2O/c1-11(18)14-10-17(12-6-8-16-9-7-12)15-5-3-2-4-13(14)15/h2-10H,1H3. The number of hydrogen-bond donors (Lipinski definition) is 0. The third-order valence-corrected chi connectivity index (χ3v) is 3.03. The van der Waals surface area contributed by atoms with E-state index >= 15 is 0 Å². The Hall–Kier alpha value is -2.42. The highest BCUT2D eigenvalue weighted by atomic mass is 16.1. The van der Waals surface area contributed by atoms with Crippen LogP contribution in [0.4, 0.5) is 0 Å². The minimum Gasteiger partial charge on any atom is -0.316 e. The Kier molecular flexibility index (Phi) is 2.45. The summed E-state index contributed by atoms with van der Waals surface area (Å²) < 4.78 is 2.02. The maximum absolute atomic E-state index is 11.7. The molecule has 0 spiro atoms. The van der Waals surface area contributed by atoms with Crippen LogP contribution in [0.2, 0.25) is 0 Å². The van der Waals surface area contributed by atoms with E-state index in [2.05, 4.69) is 4.98 Å². The maximum Gasteiger partial charge on any atom is 0.161 e. The molecule has 2 aromatic heterocycles. The summed E-state index contributed by atoms with van der Waals surface area (Å²) in [6.45, 7) is 1.60. The molecule has 3 heteroatoms. The molecule has 1 aromatic carbocycles. The lowest BCUT2D eigenvalue weighted by molar-refractivity contribution is 0.101. The highest BCUT2D eigenvalue weighted by Crippen LogP contribution is 2.24. The second-order valence-electron chi connectivity index (χ2n) is 4.19. The van der Waals surface area contributed by atoms with Crippen LogP contribution in [0.25, 0.3) is 16.6 Å². The second-order valence-corrected chi connectivity index (χ2v) is 4.19. The quantitative estimate of drug-likeness (QED) is 0.640. The number of nitrogens with zero attached hydrogens (tertiary/aromatic N) is 2. The number of carbonyl (C=O) groups excluding carboxylic acids is 1. The van der Waals surface area contributed by atoms with E-state index in [0.29, 0.717) is 0 Å². The first kappa shape index (κ1) is 10.7. The van der Waals surface area contributed by atoms with E-state index in [0.717, 1.165) is 22.2 Å². The van der Waals surface area contributed by atoms with Gasteiger partial charge in [-0.3, -0.25) is 9.78 Å². The maximum atomic E-state index is 11.7. The zero-order valence-corrected chi connectivity index (χ0v) is 10.00. The summed E-state index contributed by atoms with van der Waals surface area (Å²) in [6.07, 6.45) is 5.39. The average molecular weight is 236 g/mol. The molecule has 0 unspecified atom stereocenters. The molecule has 3 aromatic rings. The minimum atomic E-state index is 0.0824. The van der Waals surface area contributed by atoms with Crippen molar-refractivity contribution in [2.75, 3.05) is 0 Å². The fourth-order valence-corrected chi connectivity index (χ4v) is 2.18. The topological polar surface area (TPSA) is 34.9 Å². The van der Waals surface area contributed by atoms with E-state index in [1.54, 1.807) is 19.3 Å². The van der Waals surface area contributed by atoms with Gasteiger partial charge in [0, 0.05) is 35.2 Å². The third-order valence-electron chi connectivity index (χ3n) is 3.03. The number of fused-ring (bicyclic) bond motifs is 1. The Bertz CT molecular complexity index is 714. The van der Waals surface area contributed by atoms with Crippen LogP contribution in [0, 0.1) is 0 Å². The lowest BCUT2D eigenvalue weighted by Gasteiger charge is -2.03. The molecule has 18 heavy (non-hydrogen) atoms. The van der Waals surface area contributed by atoms with Gasteiger partial charge in [0.05, 0.1) is 5.52 Å². The lowest BCUT2D eigenvalue weighted by Crippen LogP contribution is -1.92. The second kappa shape index (κ2) is 4.11. The van der Waals surface area contributed by atoms with Crippen LogP contribution < -0.4 is 0 Å². The summed E-state index contributed by atoms with van der Waals surface area (Å²) in [5.74, 6) is 0.0824. The van der Waals surface area contributed by atoms with Gasteiger partial charge in [0.2, 0.25) is 0 Å². The van der Waals surface area contributed by atoms with Crippen LogP contribution in [0.1, 0.15) is 17.3 Å². The average Bonchev–Trinajstić information content (AvgIpc) is 2.79. The number of Topliss-reactive ketones (excluding diaryl/α,β-unsaturated/α-hetero) is 1. The highest BCUT2D eigenvalue weighted by molar-refractivity contribution is 6.07. The molecule has 3 nitrogen and oxygen atoms in total. The summed E-state index contributed by atoms with van der Waals surface area (Å²) in [5.41, 5.74) is 2.80. The van der Waals surface area contributed by atoms with Crippen LogP contribution in [-0.2, 0) is 0 Å². The first-order valence-electron chi connectivity index (χ1n) is 5.79. The van der Waals surface area contributed by atoms with Crippen molar-refractivity contribution in [3.8, 4) is 5.69 Å². The van der Waals surface area contributed by atoms with E-state index in [1.807, 2.05) is 47.2 Å². The smallest absolute Gasteiger partial charge is 0.161 e. The van der Waals surface area contributed by atoms with Crippen molar-refractivity contribution in [3.63, 3.8) is 0 Å². The minimum absolute atomic E-state index is 0.0824. The van der Waals surface area contributed by atoms with Crippen LogP contribution >= 0.6 is 0 Å². The summed E-state index contributed by atoms with van der Waals surface area (Å²) in [4.78, 5) is 15.7. The van der Waals surface area contributed by atoms with Crippen molar-refractivity contribution in [3.05, 3.63) is 60.6 Å². The van der Waals surface area contributed by atoms with Gasteiger partial charge in [-0.05, 0) is 25.1 Å². The van der Waals surface area contributed by atoms with Crippen LogP contribution in [-0.4, -0.2) is 15.3 Å². The van der Waals surface area contributed by atoms with E-state index in [4.69, 9.17) is 0 Å². The molecule has 0 fully saturated rings. The van der Waals surface area contributed by atoms with E-state index in [-0.39, 0.29) is 5.78 Å². The Balaban J connectivity index is 2.34. The molecular formula is C15H12N2O. The summed E-state index contributed by atoms with van der Waals surface area (Å²) >= 11 is 0. The normalized spacial score (nSPS) is 10.7. The molecule has 0 bridgehead atoms. The zero-order valence-electron chi connectivity index (χ0n) is 10.00. The first-order chi connectivity index (χ1) is 8.77. The van der Waals surface area contributed by atoms with E-state index < -0.39 is 0 Å². The summed E-state index contributed by atoms with van der Waals surface area (Å²) in [6, 6.07) is 11.8. The van der Waals surface area contributed by atoms with Gasteiger partial charge < -0.3 is 4.57 Å². The van der Waals surface area contributed by atoms with Crippen molar-refractivity contribution in [2.45, 2.75) is 6.92 Å². The van der Waals surface area contributed by atoms with Gasteiger partial charge in [0.15, 0.2) is 5.78 Å². The molecule has 88 valence electrons. The van der Waals surface area contributed by atoms with Crippen molar-refractivity contribution in [1.29, 1.82) is 0 Å². The van der Waals surface area contributed by atoms with E-state index in [1.165, 1.54) is 0 Å². The molecule has 0 saturated carbocycles. The molecule has 0 saturated heterocycles. The predicted molar refractivity (Wildman–Crippen MR) is 71.1 cm³/mol. The number of para-hydroxylation sites is 1. The molecular weight excluding hydrogens is 224 g/mol. The number of ketones is 1. The molecule has 0 amide bonds. The number of rotatable bonds is 2. The molecule has 0 radical (unpaired) electrons. The molecule has 0 aliphatic heterocycles. The molecule has 3 rings (SSSR count). The van der Waals surface area contributed by atoms with Gasteiger partial charge in [-0.2, -0.15) is 0 Å². The van der Waals surface area contributed by atoms with Gasteiger partial charge in [-0.15, -0.1) is 0 Å². The number of benzene rings is 1. The van der Waals surface area contributed by atoms with Gasteiger partial charge in [0.25, 0.3) is 0 Å². The SMILES string of the molecule is CC(=O)c1cn(-c2ccncc2)c2ccccc12. The fraction of sp³-hybridized carbons (Fsp3) is 0.0667.